The molecule has 11 heteroatoms. The number of aromatic hydroxyl groups is 1. The third kappa shape index (κ3) is 7.43. The minimum absolute atomic E-state index is 0.0738. The highest BCUT2D eigenvalue weighted by atomic mass is 16.5. The summed E-state index contributed by atoms with van der Waals surface area (Å²) in [7, 11) is 1.97. The van der Waals surface area contributed by atoms with Gasteiger partial charge in [0.2, 0.25) is 17.8 Å². The van der Waals surface area contributed by atoms with Gasteiger partial charge in [0.25, 0.3) is 0 Å². The summed E-state index contributed by atoms with van der Waals surface area (Å²) in [6.45, 7) is 7.67. The van der Waals surface area contributed by atoms with Gasteiger partial charge >= 0.3 is 0 Å². The van der Waals surface area contributed by atoms with Gasteiger partial charge in [0, 0.05) is 32.2 Å². The fraction of sp³-hybridized carbons (Fsp3) is 0.385. The molecule has 1 aliphatic heterocycles. The van der Waals surface area contributed by atoms with E-state index in [4.69, 9.17) is 4.74 Å². The number of phenols is 1. The minimum Gasteiger partial charge on any atom is -0.507 e. The third-order valence-corrected chi connectivity index (χ3v) is 5.76. The number of phenolic OH excluding ortho intramolecular Hbond substituents is 1. The molecule has 0 atom stereocenters. The number of aromatic nitrogens is 3. The van der Waals surface area contributed by atoms with Crippen LogP contribution in [0.5, 0.6) is 5.75 Å². The van der Waals surface area contributed by atoms with E-state index in [1.54, 1.807) is 18.2 Å². The zero-order valence-corrected chi connectivity index (χ0v) is 21.5. The Balaban J connectivity index is 1.51. The van der Waals surface area contributed by atoms with Crippen LogP contribution >= 0.6 is 0 Å². The summed E-state index contributed by atoms with van der Waals surface area (Å²) in [5.74, 6) is 1.55. The second-order valence-corrected chi connectivity index (χ2v) is 8.79. The average molecular weight is 504 g/mol. The molecule has 2 N–H and O–H groups in total. The number of unbranched alkanes of at least 4 members (excludes halogenated alkanes) is 1. The molecular weight excluding hydrogens is 470 g/mol. The molecule has 11 nitrogen and oxygen atoms in total. The number of nitrogens with one attached hydrogen (secondary N) is 1. The summed E-state index contributed by atoms with van der Waals surface area (Å²) < 4.78 is 5.46. The number of hydrogen-bond donors (Lipinski definition) is 2. The molecule has 2 aromatic carbocycles. The van der Waals surface area contributed by atoms with Gasteiger partial charge in [-0.1, -0.05) is 25.5 Å². The topological polar surface area (TPSA) is 124 Å². The predicted molar refractivity (Wildman–Crippen MR) is 146 cm³/mol. The number of hydrazone groups is 1. The molecule has 1 aliphatic rings. The van der Waals surface area contributed by atoms with Crippen LogP contribution in [0.2, 0.25) is 0 Å². The molecule has 2 heterocycles. The summed E-state index contributed by atoms with van der Waals surface area (Å²) in [6, 6.07) is 12.7. The van der Waals surface area contributed by atoms with Crippen LogP contribution in [-0.2, 0) is 4.74 Å². The van der Waals surface area contributed by atoms with Crippen LogP contribution in [0.25, 0.3) is 0 Å². The van der Waals surface area contributed by atoms with Gasteiger partial charge in [0.05, 0.1) is 30.8 Å². The number of rotatable bonds is 10. The molecule has 0 aliphatic carbocycles. The summed E-state index contributed by atoms with van der Waals surface area (Å²) >= 11 is 0. The number of nitrogens with zero attached hydrogens (tertiary/aromatic N) is 8. The number of benzene rings is 2. The van der Waals surface area contributed by atoms with Gasteiger partial charge in [-0.25, -0.2) is 5.43 Å². The van der Waals surface area contributed by atoms with Crippen LogP contribution in [0.1, 0.15) is 30.9 Å². The summed E-state index contributed by atoms with van der Waals surface area (Å²) in [5, 5.41) is 23.1. The number of azo groups is 1. The molecule has 4 rings (SSSR count). The first-order chi connectivity index (χ1) is 18.0. The summed E-state index contributed by atoms with van der Waals surface area (Å²) in [6.07, 6.45) is 3.61. The second-order valence-electron chi connectivity index (χ2n) is 8.79. The van der Waals surface area contributed by atoms with E-state index in [0.29, 0.717) is 55.4 Å². The molecule has 0 unspecified atom stereocenters. The van der Waals surface area contributed by atoms with Crippen LogP contribution in [-0.4, -0.2) is 66.2 Å². The lowest BCUT2D eigenvalue weighted by atomic mass is 10.2. The predicted octanol–water partition coefficient (Wildman–Crippen LogP) is 4.82. The molecular formula is C26H33N9O2. The SMILES string of the molecule is CCCCN(C)c1nc(N/N=C/c2cc(/N=N/c3cccc(C)c3)ccc2O)nc(N2CCOCC2)n1. The van der Waals surface area contributed by atoms with E-state index in [9.17, 15) is 5.11 Å². The van der Waals surface area contributed by atoms with Gasteiger partial charge in [-0.3, -0.25) is 0 Å². The van der Waals surface area contributed by atoms with E-state index in [-0.39, 0.29) is 5.75 Å². The van der Waals surface area contributed by atoms with Crippen molar-refractivity contribution in [3.8, 4) is 5.75 Å². The Bertz CT molecular complexity index is 1240. The molecule has 0 amide bonds. The van der Waals surface area contributed by atoms with Gasteiger partial charge < -0.3 is 19.6 Å². The van der Waals surface area contributed by atoms with Crippen LogP contribution in [0.15, 0.2) is 57.8 Å². The quantitative estimate of drug-likeness (QED) is 0.229. The lowest BCUT2D eigenvalue weighted by Gasteiger charge is -2.27. The van der Waals surface area contributed by atoms with E-state index in [1.807, 2.05) is 43.1 Å². The standard InChI is InChI=1S/C26H33N9O2/c1-4-5-11-34(3)25-28-24(29-26(30-25)35-12-14-37-15-13-35)33-27-18-20-17-22(9-10-23(20)36)32-31-21-8-6-7-19(2)16-21/h6-10,16-18,36H,4-5,11-15H2,1-3H3,(H,28,29,30,33)/b27-18+,32-31+. The molecule has 1 aromatic heterocycles. The maximum absolute atomic E-state index is 10.3. The first kappa shape index (κ1) is 26.0. The van der Waals surface area contributed by atoms with E-state index < -0.39 is 0 Å². The molecule has 1 saturated heterocycles. The third-order valence-electron chi connectivity index (χ3n) is 5.76. The molecule has 0 radical (unpaired) electrons. The van der Waals surface area contributed by atoms with Gasteiger partial charge in [-0.05, 0) is 49.2 Å². The second kappa shape index (κ2) is 12.7. The zero-order chi connectivity index (χ0) is 26.0. The maximum atomic E-state index is 10.3. The monoisotopic (exact) mass is 503 g/mol. The number of anilines is 3. The van der Waals surface area contributed by atoms with Gasteiger partial charge in [0.15, 0.2) is 0 Å². The van der Waals surface area contributed by atoms with Crippen LogP contribution < -0.4 is 15.2 Å². The normalized spacial score (nSPS) is 14.0. The first-order valence-electron chi connectivity index (χ1n) is 12.4. The molecule has 194 valence electrons. The van der Waals surface area contributed by atoms with Crippen molar-refractivity contribution in [3.05, 3.63) is 53.6 Å². The van der Waals surface area contributed by atoms with E-state index in [0.717, 1.165) is 30.6 Å². The van der Waals surface area contributed by atoms with E-state index >= 15 is 0 Å². The van der Waals surface area contributed by atoms with Crippen molar-refractivity contribution < 1.29 is 9.84 Å². The van der Waals surface area contributed by atoms with Gasteiger partial charge in [-0.15, -0.1) is 0 Å². The Morgan fingerprint density at radius 3 is 2.62 bits per heavy atom. The Kier molecular flexibility index (Phi) is 8.93. The van der Waals surface area contributed by atoms with E-state index in [1.165, 1.54) is 6.21 Å². The zero-order valence-electron chi connectivity index (χ0n) is 21.5. The smallest absolute Gasteiger partial charge is 0.250 e. The van der Waals surface area contributed by atoms with E-state index in [2.05, 4.69) is 47.5 Å². The first-order valence-corrected chi connectivity index (χ1v) is 12.4. The summed E-state index contributed by atoms with van der Waals surface area (Å²) in [5.41, 5.74) is 5.83. The van der Waals surface area contributed by atoms with Crippen molar-refractivity contribution in [2.45, 2.75) is 26.7 Å². The summed E-state index contributed by atoms with van der Waals surface area (Å²) in [4.78, 5) is 17.9. The highest BCUT2D eigenvalue weighted by molar-refractivity contribution is 5.85. The van der Waals surface area contributed by atoms with Gasteiger partial charge in [0.1, 0.15) is 5.75 Å². The van der Waals surface area contributed by atoms with Crippen molar-refractivity contribution in [2.75, 3.05) is 55.1 Å². The molecule has 0 saturated carbocycles. The lowest BCUT2D eigenvalue weighted by Crippen LogP contribution is -2.38. The molecule has 3 aromatic rings. The molecule has 1 fully saturated rings. The number of hydrogen-bond acceptors (Lipinski definition) is 11. The Morgan fingerprint density at radius 1 is 1.08 bits per heavy atom. The number of ether oxygens (including phenoxy) is 1. The lowest BCUT2D eigenvalue weighted by molar-refractivity contribution is 0.122. The highest BCUT2D eigenvalue weighted by Gasteiger charge is 2.18. The van der Waals surface area contributed by atoms with Crippen molar-refractivity contribution in [1.29, 1.82) is 0 Å². The number of aryl methyl sites for hydroxylation is 1. The fourth-order valence-corrected chi connectivity index (χ4v) is 3.65. The van der Waals surface area contributed by atoms with Crippen LogP contribution in [0, 0.1) is 6.92 Å². The Labute approximate surface area is 217 Å². The van der Waals surface area contributed by atoms with Crippen LogP contribution in [0.4, 0.5) is 29.2 Å². The highest BCUT2D eigenvalue weighted by Crippen LogP contribution is 2.24. The van der Waals surface area contributed by atoms with Crippen molar-refractivity contribution in [2.24, 2.45) is 15.3 Å². The van der Waals surface area contributed by atoms with Crippen LogP contribution in [0.3, 0.4) is 0 Å². The minimum atomic E-state index is 0.0738. The van der Waals surface area contributed by atoms with Crippen molar-refractivity contribution >= 4 is 35.4 Å². The number of morpholine rings is 1. The maximum Gasteiger partial charge on any atom is 0.250 e. The largest absolute Gasteiger partial charge is 0.507 e. The Hall–Kier alpha value is -4.12. The average Bonchev–Trinajstić information content (AvgIpc) is 2.92. The molecule has 37 heavy (non-hydrogen) atoms. The Morgan fingerprint density at radius 2 is 1.86 bits per heavy atom. The molecule has 0 bridgehead atoms. The van der Waals surface area contributed by atoms with Crippen molar-refractivity contribution in [3.63, 3.8) is 0 Å². The van der Waals surface area contributed by atoms with Gasteiger partial charge in [-0.2, -0.15) is 30.3 Å². The van der Waals surface area contributed by atoms with Crippen molar-refractivity contribution in [1.82, 2.24) is 15.0 Å². The fourth-order valence-electron chi connectivity index (χ4n) is 3.65. The molecule has 0 spiro atoms.